The minimum Gasteiger partial charge on any atom is -0.491 e. The predicted octanol–water partition coefficient (Wildman–Crippen LogP) is 5.81. The van der Waals surface area contributed by atoms with Gasteiger partial charge in [0.25, 0.3) is 0 Å². The summed E-state index contributed by atoms with van der Waals surface area (Å²) < 4.78 is 6.73. The molecule has 7 rings (SSSR count). The zero-order chi connectivity index (χ0) is 25.5. The molecule has 1 fully saturated rings. The van der Waals surface area contributed by atoms with E-state index in [1.54, 1.807) is 18.6 Å². The number of likely N-dealkylation sites (tertiary alicyclic amines) is 1. The van der Waals surface area contributed by atoms with Crippen molar-refractivity contribution < 1.29 is 4.74 Å². The van der Waals surface area contributed by atoms with Gasteiger partial charge < -0.3 is 9.72 Å². The molecule has 0 aliphatic carbocycles. The number of aromatic amines is 2. The summed E-state index contributed by atoms with van der Waals surface area (Å²) in [5.74, 6) is 1.33. The topological polar surface area (TPSA) is 108 Å². The van der Waals surface area contributed by atoms with Crippen molar-refractivity contribution in [3.8, 4) is 39.0 Å². The number of imidazole rings is 1. The van der Waals surface area contributed by atoms with Gasteiger partial charge in [0.2, 0.25) is 0 Å². The number of fused-ring (bicyclic) bond motifs is 2. The van der Waals surface area contributed by atoms with E-state index in [-0.39, 0.29) is 0 Å². The third-order valence-electron chi connectivity index (χ3n) is 6.75. The smallest absolute Gasteiger partial charge is 0.178 e. The first-order valence-corrected chi connectivity index (χ1v) is 13.7. The van der Waals surface area contributed by atoms with Crippen LogP contribution in [0.25, 0.3) is 55.4 Å². The molecule has 0 amide bonds. The average Bonchev–Trinajstić information content (AvgIpc) is 3.74. The first-order valence-electron chi connectivity index (χ1n) is 12.5. The van der Waals surface area contributed by atoms with Crippen LogP contribution in [0.3, 0.4) is 0 Å². The second-order valence-electron chi connectivity index (χ2n) is 9.22. The number of nitrogens with zero attached hydrogens (tertiary/aromatic N) is 6. The molecular formula is C27H23ClN8OS. The number of ether oxygens (including phenoxy) is 1. The highest BCUT2D eigenvalue weighted by Crippen LogP contribution is 2.35. The molecule has 1 aliphatic heterocycles. The van der Waals surface area contributed by atoms with E-state index in [1.165, 1.54) is 24.2 Å². The molecule has 11 heteroatoms. The van der Waals surface area contributed by atoms with Gasteiger partial charge >= 0.3 is 0 Å². The van der Waals surface area contributed by atoms with Gasteiger partial charge in [-0.1, -0.05) is 11.6 Å². The Labute approximate surface area is 226 Å². The SMILES string of the molecule is Clc1ccc(-c2ccnc3nc(-c4n[nH]c5ccc(-c6cncc(OCCN7CCCC7)c6)nc45)[nH]c23)s1. The molecule has 0 radical (unpaired) electrons. The molecule has 0 atom stereocenters. The van der Waals surface area contributed by atoms with Crippen molar-refractivity contribution in [3.05, 3.63) is 59.3 Å². The van der Waals surface area contributed by atoms with Gasteiger partial charge in [0.15, 0.2) is 17.2 Å². The molecule has 0 bridgehead atoms. The van der Waals surface area contributed by atoms with Crippen LogP contribution in [0.1, 0.15) is 12.8 Å². The molecule has 190 valence electrons. The van der Waals surface area contributed by atoms with Crippen LogP contribution in [-0.2, 0) is 0 Å². The summed E-state index contributed by atoms with van der Waals surface area (Å²) in [6.07, 6.45) is 7.84. The van der Waals surface area contributed by atoms with E-state index >= 15 is 0 Å². The van der Waals surface area contributed by atoms with Crippen LogP contribution in [0.4, 0.5) is 0 Å². The average molecular weight is 543 g/mol. The first-order chi connectivity index (χ1) is 18.7. The Morgan fingerprint density at radius 1 is 1.05 bits per heavy atom. The number of aromatic nitrogens is 7. The molecule has 0 saturated carbocycles. The molecule has 2 N–H and O–H groups in total. The van der Waals surface area contributed by atoms with Crippen LogP contribution < -0.4 is 4.74 Å². The fraction of sp³-hybridized carbons (Fsp3) is 0.222. The molecule has 9 nitrogen and oxygen atoms in total. The lowest BCUT2D eigenvalue weighted by Crippen LogP contribution is -2.25. The van der Waals surface area contributed by atoms with Crippen LogP contribution in [-0.4, -0.2) is 66.3 Å². The lowest BCUT2D eigenvalue weighted by Gasteiger charge is -2.15. The molecule has 1 saturated heterocycles. The van der Waals surface area contributed by atoms with Gasteiger partial charge in [0, 0.05) is 34.9 Å². The molecule has 6 aromatic heterocycles. The first kappa shape index (κ1) is 23.3. The maximum atomic E-state index is 6.18. The summed E-state index contributed by atoms with van der Waals surface area (Å²) in [7, 11) is 0. The summed E-state index contributed by atoms with van der Waals surface area (Å²) >= 11 is 7.69. The van der Waals surface area contributed by atoms with Gasteiger partial charge in [0.05, 0.1) is 27.3 Å². The highest BCUT2D eigenvalue weighted by Gasteiger charge is 2.18. The molecule has 0 aromatic carbocycles. The number of thiophene rings is 1. The fourth-order valence-corrected chi connectivity index (χ4v) is 5.92. The van der Waals surface area contributed by atoms with Crippen molar-refractivity contribution >= 4 is 45.1 Å². The second-order valence-corrected chi connectivity index (χ2v) is 10.9. The summed E-state index contributed by atoms with van der Waals surface area (Å²) in [6, 6.07) is 11.7. The number of pyridine rings is 3. The van der Waals surface area contributed by atoms with Gasteiger partial charge in [-0.2, -0.15) is 5.10 Å². The Balaban J connectivity index is 1.20. The normalized spacial score (nSPS) is 14.1. The predicted molar refractivity (Wildman–Crippen MR) is 149 cm³/mol. The molecular weight excluding hydrogens is 520 g/mol. The van der Waals surface area contributed by atoms with Crippen LogP contribution >= 0.6 is 22.9 Å². The van der Waals surface area contributed by atoms with E-state index in [1.807, 2.05) is 36.4 Å². The van der Waals surface area contributed by atoms with Gasteiger partial charge in [-0.15, -0.1) is 11.3 Å². The van der Waals surface area contributed by atoms with E-state index in [2.05, 4.69) is 30.0 Å². The van der Waals surface area contributed by atoms with Gasteiger partial charge in [-0.3, -0.25) is 15.0 Å². The number of hydrogen-bond donors (Lipinski definition) is 2. The van der Waals surface area contributed by atoms with Gasteiger partial charge in [0.1, 0.15) is 17.9 Å². The van der Waals surface area contributed by atoms with Crippen LogP contribution in [0, 0.1) is 0 Å². The summed E-state index contributed by atoms with van der Waals surface area (Å²) in [5.41, 5.74) is 6.24. The zero-order valence-electron chi connectivity index (χ0n) is 20.3. The summed E-state index contributed by atoms with van der Waals surface area (Å²) in [6.45, 7) is 3.89. The standard InChI is InChI=1S/C27H23ClN8OS/c28-22-6-5-21(38-22)18-7-8-30-26-23(18)32-27(33-26)25-24-20(34-35-25)4-3-19(31-24)16-13-17(15-29-14-16)37-12-11-36-9-1-2-10-36/h3-8,13-15H,1-2,9-12H2,(H,34,35)(H,30,32,33). The van der Waals surface area contributed by atoms with Crippen molar-refractivity contribution in [2.75, 3.05) is 26.2 Å². The Hall–Kier alpha value is -3.86. The van der Waals surface area contributed by atoms with Crippen molar-refractivity contribution in [3.63, 3.8) is 0 Å². The zero-order valence-corrected chi connectivity index (χ0v) is 21.9. The van der Waals surface area contributed by atoms with E-state index < -0.39 is 0 Å². The largest absolute Gasteiger partial charge is 0.491 e. The Kier molecular flexibility index (Phi) is 5.99. The lowest BCUT2D eigenvalue weighted by atomic mass is 10.1. The van der Waals surface area contributed by atoms with Crippen molar-refractivity contribution in [2.24, 2.45) is 0 Å². The molecule has 7 heterocycles. The lowest BCUT2D eigenvalue weighted by molar-refractivity contribution is 0.237. The van der Waals surface area contributed by atoms with Crippen LogP contribution in [0.15, 0.2) is 55.0 Å². The van der Waals surface area contributed by atoms with Crippen molar-refractivity contribution in [1.82, 2.24) is 40.0 Å². The Morgan fingerprint density at radius 2 is 1.97 bits per heavy atom. The number of H-pyrrole nitrogens is 2. The van der Waals surface area contributed by atoms with Crippen molar-refractivity contribution in [2.45, 2.75) is 12.8 Å². The number of hydrogen-bond acceptors (Lipinski definition) is 8. The third-order valence-corrected chi connectivity index (χ3v) is 8.01. The molecule has 0 unspecified atom stereocenters. The van der Waals surface area contributed by atoms with Crippen LogP contribution in [0.2, 0.25) is 4.34 Å². The Bertz CT molecular complexity index is 1750. The molecule has 1 aliphatic rings. The minimum absolute atomic E-state index is 0.593. The highest BCUT2D eigenvalue weighted by atomic mass is 35.5. The van der Waals surface area contributed by atoms with Crippen molar-refractivity contribution in [1.29, 1.82) is 0 Å². The second kappa shape index (κ2) is 9.79. The van der Waals surface area contributed by atoms with E-state index in [0.717, 1.165) is 62.5 Å². The Morgan fingerprint density at radius 3 is 2.84 bits per heavy atom. The molecule has 38 heavy (non-hydrogen) atoms. The van der Waals surface area contributed by atoms with E-state index in [4.69, 9.17) is 26.3 Å². The summed E-state index contributed by atoms with van der Waals surface area (Å²) in [4.78, 5) is 25.4. The summed E-state index contributed by atoms with van der Waals surface area (Å²) in [5, 5.41) is 7.60. The van der Waals surface area contributed by atoms with E-state index in [9.17, 15) is 0 Å². The quantitative estimate of drug-likeness (QED) is 0.262. The molecule has 0 spiro atoms. The van der Waals surface area contributed by atoms with E-state index in [0.29, 0.717) is 29.3 Å². The number of nitrogens with one attached hydrogen (secondary N) is 2. The minimum atomic E-state index is 0.593. The number of halogens is 1. The maximum Gasteiger partial charge on any atom is 0.178 e. The maximum absolute atomic E-state index is 6.18. The third kappa shape index (κ3) is 4.40. The highest BCUT2D eigenvalue weighted by molar-refractivity contribution is 7.19. The van der Waals surface area contributed by atoms with Gasteiger partial charge in [-0.05, 0) is 62.3 Å². The van der Waals surface area contributed by atoms with Crippen LogP contribution in [0.5, 0.6) is 5.75 Å². The number of rotatable bonds is 7. The monoisotopic (exact) mass is 542 g/mol. The molecule has 6 aromatic rings. The van der Waals surface area contributed by atoms with Gasteiger partial charge in [-0.25, -0.2) is 15.0 Å². The fourth-order valence-electron chi connectivity index (χ4n) is 4.85.